The van der Waals surface area contributed by atoms with E-state index in [0.29, 0.717) is 16.5 Å². The molecule has 2 amide bonds. The smallest absolute Gasteiger partial charge is 0.259 e. The van der Waals surface area contributed by atoms with Crippen molar-refractivity contribution in [2.24, 2.45) is 5.92 Å². The van der Waals surface area contributed by atoms with Crippen LogP contribution in [0.4, 0.5) is 9.39 Å². The van der Waals surface area contributed by atoms with Gasteiger partial charge in [0.1, 0.15) is 10.8 Å². The Kier molecular flexibility index (Phi) is 6.18. The van der Waals surface area contributed by atoms with Gasteiger partial charge in [0.25, 0.3) is 11.8 Å². The summed E-state index contributed by atoms with van der Waals surface area (Å²) >= 11 is 1.43. The van der Waals surface area contributed by atoms with Crippen LogP contribution >= 0.6 is 11.3 Å². The quantitative estimate of drug-likeness (QED) is 0.535. The van der Waals surface area contributed by atoms with Crippen molar-refractivity contribution in [3.63, 3.8) is 0 Å². The van der Waals surface area contributed by atoms with Crippen molar-refractivity contribution in [3.8, 4) is 0 Å². The third-order valence-electron chi connectivity index (χ3n) is 5.73. The van der Waals surface area contributed by atoms with E-state index in [1.165, 1.54) is 23.5 Å². The third-order valence-corrected chi connectivity index (χ3v) is 6.90. The number of anilines is 1. The normalized spacial score (nSPS) is 16.3. The first-order valence-corrected chi connectivity index (χ1v) is 11.3. The number of hydrogen-bond donors (Lipinski definition) is 2. The van der Waals surface area contributed by atoms with Gasteiger partial charge in [-0.3, -0.25) is 9.59 Å². The second-order valence-electron chi connectivity index (χ2n) is 8.10. The first-order valence-electron chi connectivity index (χ1n) is 10.5. The third kappa shape index (κ3) is 4.54. The van der Waals surface area contributed by atoms with Crippen LogP contribution in [0.15, 0.2) is 54.6 Å². The molecule has 4 nitrogen and oxygen atoms in total. The fraction of sp³-hybridized carbons (Fsp3) is 0.280. The van der Waals surface area contributed by atoms with Crippen LogP contribution in [0.3, 0.4) is 0 Å². The van der Waals surface area contributed by atoms with E-state index in [2.05, 4.69) is 17.6 Å². The minimum Gasteiger partial charge on any atom is -0.345 e. The van der Waals surface area contributed by atoms with Crippen LogP contribution in [0, 0.1) is 11.7 Å². The lowest BCUT2D eigenvalue weighted by atomic mass is 9.88. The summed E-state index contributed by atoms with van der Waals surface area (Å²) < 4.78 is 14.1. The van der Waals surface area contributed by atoms with Gasteiger partial charge < -0.3 is 10.6 Å². The molecule has 160 valence electrons. The van der Waals surface area contributed by atoms with Crippen LogP contribution in [-0.4, -0.2) is 11.8 Å². The minimum atomic E-state index is -0.585. The van der Waals surface area contributed by atoms with Crippen LogP contribution in [-0.2, 0) is 12.8 Å². The SMILES string of the molecule is C[C@H]1CCc2c(sc(NC(=O)c3ccccc3F)c2C(=O)N[C@@H](C)c2ccccc2)C1. The highest BCUT2D eigenvalue weighted by atomic mass is 32.1. The number of hydrogen-bond acceptors (Lipinski definition) is 3. The molecular weight excluding hydrogens is 411 g/mol. The molecule has 0 saturated carbocycles. The zero-order valence-electron chi connectivity index (χ0n) is 17.6. The maximum atomic E-state index is 14.1. The topological polar surface area (TPSA) is 58.2 Å². The Labute approximate surface area is 185 Å². The number of thiophene rings is 1. The molecule has 31 heavy (non-hydrogen) atoms. The lowest BCUT2D eigenvalue weighted by molar-refractivity contribution is 0.0940. The van der Waals surface area contributed by atoms with Gasteiger partial charge in [-0.15, -0.1) is 11.3 Å². The molecular formula is C25H25FN2O2S. The lowest BCUT2D eigenvalue weighted by Crippen LogP contribution is -2.28. The maximum Gasteiger partial charge on any atom is 0.259 e. The van der Waals surface area contributed by atoms with Gasteiger partial charge in [-0.1, -0.05) is 49.4 Å². The minimum absolute atomic E-state index is 0.0359. The Balaban J connectivity index is 1.65. The van der Waals surface area contributed by atoms with Gasteiger partial charge in [0.15, 0.2) is 0 Å². The van der Waals surface area contributed by atoms with Crippen molar-refractivity contribution in [2.75, 3.05) is 5.32 Å². The summed E-state index contributed by atoms with van der Waals surface area (Å²) in [6.45, 7) is 4.13. The molecule has 3 aromatic rings. The van der Waals surface area contributed by atoms with Crippen LogP contribution in [0.25, 0.3) is 0 Å². The van der Waals surface area contributed by atoms with E-state index in [9.17, 15) is 14.0 Å². The van der Waals surface area contributed by atoms with E-state index < -0.39 is 11.7 Å². The highest BCUT2D eigenvalue weighted by Crippen LogP contribution is 2.40. The van der Waals surface area contributed by atoms with Gasteiger partial charge in [0.2, 0.25) is 0 Å². The summed E-state index contributed by atoms with van der Waals surface area (Å²) in [6.07, 6.45) is 2.67. The molecule has 1 aliphatic rings. The zero-order chi connectivity index (χ0) is 22.0. The summed E-state index contributed by atoms with van der Waals surface area (Å²) in [5, 5.41) is 6.37. The second kappa shape index (κ2) is 9.02. The molecule has 0 unspecified atom stereocenters. The van der Waals surface area contributed by atoms with E-state index >= 15 is 0 Å². The van der Waals surface area contributed by atoms with Crippen molar-refractivity contribution < 1.29 is 14.0 Å². The van der Waals surface area contributed by atoms with Crippen molar-refractivity contribution in [1.82, 2.24) is 5.32 Å². The van der Waals surface area contributed by atoms with Gasteiger partial charge in [0, 0.05) is 4.88 Å². The number of nitrogens with one attached hydrogen (secondary N) is 2. The molecule has 0 aliphatic heterocycles. The van der Waals surface area contributed by atoms with Crippen molar-refractivity contribution in [2.45, 2.75) is 39.2 Å². The Morgan fingerprint density at radius 3 is 2.52 bits per heavy atom. The predicted octanol–water partition coefficient (Wildman–Crippen LogP) is 5.76. The van der Waals surface area contributed by atoms with E-state index in [4.69, 9.17) is 0 Å². The highest BCUT2D eigenvalue weighted by Gasteiger charge is 2.29. The molecule has 2 atom stereocenters. The van der Waals surface area contributed by atoms with Crippen LogP contribution in [0.1, 0.15) is 63.0 Å². The Hall–Kier alpha value is -2.99. The Morgan fingerprint density at radius 2 is 1.77 bits per heavy atom. The first kappa shape index (κ1) is 21.2. The van der Waals surface area contributed by atoms with E-state index in [0.717, 1.165) is 35.3 Å². The van der Waals surface area contributed by atoms with Crippen molar-refractivity contribution >= 4 is 28.2 Å². The number of halogens is 1. The number of carbonyl (C=O) groups excluding carboxylic acids is 2. The fourth-order valence-electron chi connectivity index (χ4n) is 3.99. The largest absolute Gasteiger partial charge is 0.345 e. The van der Waals surface area contributed by atoms with Gasteiger partial charge in [-0.25, -0.2) is 4.39 Å². The highest BCUT2D eigenvalue weighted by molar-refractivity contribution is 7.17. The van der Waals surface area contributed by atoms with E-state index in [1.807, 2.05) is 37.3 Å². The molecule has 4 rings (SSSR count). The molecule has 1 heterocycles. The summed E-state index contributed by atoms with van der Waals surface area (Å²) in [7, 11) is 0. The van der Waals surface area contributed by atoms with Crippen molar-refractivity contribution in [1.29, 1.82) is 0 Å². The Morgan fingerprint density at radius 1 is 1.06 bits per heavy atom. The zero-order valence-corrected chi connectivity index (χ0v) is 18.4. The molecule has 0 fully saturated rings. The van der Waals surface area contributed by atoms with Crippen LogP contribution in [0.2, 0.25) is 0 Å². The predicted molar refractivity (Wildman–Crippen MR) is 122 cm³/mol. The molecule has 0 radical (unpaired) electrons. The average Bonchev–Trinajstić information content (AvgIpc) is 3.11. The van der Waals surface area contributed by atoms with E-state index in [1.54, 1.807) is 12.1 Å². The van der Waals surface area contributed by atoms with Crippen LogP contribution < -0.4 is 10.6 Å². The maximum absolute atomic E-state index is 14.1. The summed E-state index contributed by atoms with van der Waals surface area (Å²) in [5.74, 6) is -0.818. The molecule has 2 N–H and O–H groups in total. The number of carbonyl (C=O) groups is 2. The molecule has 0 saturated heterocycles. The summed E-state index contributed by atoms with van der Waals surface area (Å²) in [4.78, 5) is 27.2. The fourth-order valence-corrected chi connectivity index (χ4v) is 5.39. The number of fused-ring (bicyclic) bond motifs is 1. The molecule has 1 aliphatic carbocycles. The van der Waals surface area contributed by atoms with E-state index in [-0.39, 0.29) is 17.5 Å². The number of amides is 2. The number of rotatable bonds is 5. The molecule has 2 aromatic carbocycles. The average molecular weight is 437 g/mol. The second-order valence-corrected chi connectivity index (χ2v) is 9.20. The molecule has 0 bridgehead atoms. The van der Waals surface area contributed by atoms with Crippen molar-refractivity contribution in [3.05, 3.63) is 87.5 Å². The molecule has 6 heteroatoms. The monoisotopic (exact) mass is 436 g/mol. The molecule has 0 spiro atoms. The van der Waals surface area contributed by atoms with Gasteiger partial charge in [-0.05, 0) is 55.4 Å². The number of benzene rings is 2. The van der Waals surface area contributed by atoms with Gasteiger partial charge in [0.05, 0.1) is 17.2 Å². The standard InChI is InChI=1S/C25H25FN2O2S/c1-15-12-13-19-21(14-15)31-25(28-23(29)18-10-6-7-11-20(18)26)22(19)24(30)27-16(2)17-8-4-3-5-9-17/h3-11,15-16H,12-14H2,1-2H3,(H,27,30)(H,28,29)/t15-,16-/m0/s1. The first-order chi connectivity index (χ1) is 14.9. The van der Waals surface area contributed by atoms with Crippen LogP contribution in [0.5, 0.6) is 0 Å². The van der Waals surface area contributed by atoms with Gasteiger partial charge >= 0.3 is 0 Å². The Bertz CT molecular complexity index is 1110. The summed E-state index contributed by atoms with van der Waals surface area (Å²) in [6, 6.07) is 15.4. The molecule has 1 aromatic heterocycles. The van der Waals surface area contributed by atoms with Gasteiger partial charge in [-0.2, -0.15) is 0 Å². The summed E-state index contributed by atoms with van der Waals surface area (Å²) in [5.41, 5.74) is 2.49. The lowest BCUT2D eigenvalue weighted by Gasteiger charge is -2.20.